The molecule has 0 aromatic heterocycles. The molecule has 1 heterocycles. The van der Waals surface area contributed by atoms with E-state index < -0.39 is 0 Å². The van der Waals surface area contributed by atoms with Gasteiger partial charge in [0.25, 0.3) is 0 Å². The maximum Gasteiger partial charge on any atom is 0.151 e. The fraction of sp³-hybridized carbons (Fsp3) is 0.524. The van der Waals surface area contributed by atoms with E-state index in [1.165, 1.54) is 17.6 Å². The lowest BCUT2D eigenvalue weighted by molar-refractivity contribution is -0.122. The van der Waals surface area contributed by atoms with Crippen molar-refractivity contribution in [3.05, 3.63) is 41.0 Å². The van der Waals surface area contributed by atoms with Gasteiger partial charge in [0.2, 0.25) is 0 Å². The standard InChI is InChI=1S/C21H26N2O/c1-14(2)9-15-3-5-16(6-4-15)10-17(13-22)11-20(24)21-18-7-8-19(12-18)23-21/h3-6,9,17-19,21,23H,7-8,10-12H2,1-2H3/t17-,18+,19-,21+/m1/s1. The summed E-state index contributed by atoms with van der Waals surface area (Å²) in [5.74, 6) is 0.507. The van der Waals surface area contributed by atoms with Crippen molar-refractivity contribution in [1.29, 1.82) is 5.26 Å². The molecule has 0 unspecified atom stereocenters. The Hall–Kier alpha value is -1.92. The van der Waals surface area contributed by atoms with E-state index in [0.29, 0.717) is 24.8 Å². The first-order valence-electron chi connectivity index (χ1n) is 8.97. The number of nitriles is 1. The van der Waals surface area contributed by atoms with E-state index in [1.54, 1.807) is 0 Å². The monoisotopic (exact) mass is 322 g/mol. The Bertz CT molecular complexity index is 664. The van der Waals surface area contributed by atoms with Gasteiger partial charge in [-0.2, -0.15) is 5.26 Å². The number of carbonyl (C=O) groups excluding carboxylic acids is 1. The van der Waals surface area contributed by atoms with E-state index in [9.17, 15) is 10.1 Å². The second kappa shape index (κ2) is 7.32. The Balaban J connectivity index is 1.57. The molecule has 2 bridgehead atoms. The van der Waals surface area contributed by atoms with Crippen LogP contribution in [0.25, 0.3) is 6.08 Å². The lowest BCUT2D eigenvalue weighted by Gasteiger charge is -2.22. The number of benzene rings is 1. The molecule has 1 aromatic rings. The van der Waals surface area contributed by atoms with Gasteiger partial charge >= 0.3 is 0 Å². The van der Waals surface area contributed by atoms with Crippen LogP contribution in [0.4, 0.5) is 0 Å². The lowest BCUT2D eigenvalue weighted by Crippen LogP contribution is -2.42. The third-order valence-electron chi connectivity index (χ3n) is 5.25. The number of Topliss-reactive ketones (excluding diaryl/α,β-unsaturated/α-hetero) is 1. The molecule has 0 radical (unpaired) electrons. The molecule has 1 aliphatic carbocycles. The molecule has 3 rings (SSSR count). The van der Waals surface area contributed by atoms with Crippen LogP contribution in [-0.2, 0) is 11.2 Å². The van der Waals surface area contributed by atoms with Crippen LogP contribution in [0.5, 0.6) is 0 Å². The average Bonchev–Trinajstić information content (AvgIpc) is 3.18. The highest BCUT2D eigenvalue weighted by Gasteiger charge is 2.42. The van der Waals surface area contributed by atoms with Gasteiger partial charge in [-0.25, -0.2) is 0 Å². The molecule has 126 valence electrons. The second-order valence-electron chi connectivity index (χ2n) is 7.58. The predicted octanol–water partition coefficient (Wildman–Crippen LogP) is 3.89. The van der Waals surface area contributed by atoms with E-state index in [2.05, 4.69) is 55.6 Å². The lowest BCUT2D eigenvalue weighted by atomic mass is 9.88. The van der Waals surface area contributed by atoms with Gasteiger partial charge in [0.1, 0.15) is 0 Å². The van der Waals surface area contributed by atoms with Crippen LogP contribution in [0, 0.1) is 23.2 Å². The molecule has 4 atom stereocenters. The number of nitrogens with zero attached hydrogens (tertiary/aromatic N) is 1. The normalized spacial score (nSPS) is 26.0. The van der Waals surface area contributed by atoms with Crippen LogP contribution in [-0.4, -0.2) is 17.9 Å². The number of hydrogen-bond donors (Lipinski definition) is 1. The van der Waals surface area contributed by atoms with Crippen molar-refractivity contribution in [1.82, 2.24) is 5.32 Å². The van der Waals surface area contributed by atoms with E-state index in [1.807, 2.05) is 0 Å². The summed E-state index contributed by atoms with van der Waals surface area (Å²) >= 11 is 0. The zero-order valence-electron chi connectivity index (χ0n) is 14.6. The fourth-order valence-corrected chi connectivity index (χ4v) is 4.12. The molecule has 3 nitrogen and oxygen atoms in total. The molecular weight excluding hydrogens is 296 g/mol. The largest absolute Gasteiger partial charge is 0.304 e. The molecule has 1 saturated heterocycles. The van der Waals surface area contributed by atoms with Crippen LogP contribution >= 0.6 is 0 Å². The fourth-order valence-electron chi connectivity index (χ4n) is 4.12. The molecule has 1 saturated carbocycles. The first-order chi connectivity index (χ1) is 11.5. The summed E-state index contributed by atoms with van der Waals surface area (Å²) in [5.41, 5.74) is 3.57. The molecule has 1 aliphatic heterocycles. The minimum atomic E-state index is -0.229. The van der Waals surface area contributed by atoms with Crippen molar-refractivity contribution in [3.8, 4) is 6.07 Å². The van der Waals surface area contributed by atoms with Crippen molar-refractivity contribution in [3.63, 3.8) is 0 Å². The Morgan fingerprint density at radius 2 is 2.08 bits per heavy atom. The smallest absolute Gasteiger partial charge is 0.151 e. The van der Waals surface area contributed by atoms with Crippen LogP contribution in [0.2, 0.25) is 0 Å². The summed E-state index contributed by atoms with van der Waals surface area (Å²) in [6.07, 6.45) is 6.66. The molecule has 0 spiro atoms. The van der Waals surface area contributed by atoms with Gasteiger partial charge in [0.05, 0.1) is 18.0 Å². The summed E-state index contributed by atoms with van der Waals surface area (Å²) in [6, 6.07) is 11.2. The van der Waals surface area contributed by atoms with E-state index in [4.69, 9.17) is 0 Å². The van der Waals surface area contributed by atoms with Crippen molar-refractivity contribution in [2.24, 2.45) is 11.8 Å². The van der Waals surface area contributed by atoms with Gasteiger partial charge < -0.3 is 5.32 Å². The van der Waals surface area contributed by atoms with Crippen molar-refractivity contribution < 1.29 is 4.79 Å². The van der Waals surface area contributed by atoms with Crippen molar-refractivity contribution in [2.75, 3.05) is 0 Å². The molecule has 3 heteroatoms. The van der Waals surface area contributed by atoms with Gasteiger partial charge in [-0.15, -0.1) is 0 Å². The number of ketones is 1. The SMILES string of the molecule is CC(C)=Cc1ccc(C[C@@H](C#N)CC(=O)[C@H]2N[C@@H]3CC[C@H]2C3)cc1. The van der Waals surface area contributed by atoms with Crippen LogP contribution in [0.3, 0.4) is 0 Å². The molecule has 2 fully saturated rings. The topological polar surface area (TPSA) is 52.9 Å². The Morgan fingerprint density at radius 3 is 2.62 bits per heavy atom. The predicted molar refractivity (Wildman–Crippen MR) is 96.3 cm³/mol. The molecule has 1 aromatic carbocycles. The van der Waals surface area contributed by atoms with E-state index in [-0.39, 0.29) is 17.7 Å². The third-order valence-corrected chi connectivity index (χ3v) is 5.25. The minimum absolute atomic E-state index is 0.000331. The number of fused-ring (bicyclic) bond motifs is 2. The number of nitrogens with one attached hydrogen (secondary N) is 1. The second-order valence-corrected chi connectivity index (χ2v) is 7.58. The summed E-state index contributed by atoms with van der Waals surface area (Å²) < 4.78 is 0. The highest BCUT2D eigenvalue weighted by Crippen LogP contribution is 2.36. The van der Waals surface area contributed by atoms with Gasteiger partial charge in [-0.1, -0.05) is 35.9 Å². The van der Waals surface area contributed by atoms with E-state index >= 15 is 0 Å². The zero-order chi connectivity index (χ0) is 17.1. The first-order valence-corrected chi connectivity index (χ1v) is 8.97. The zero-order valence-corrected chi connectivity index (χ0v) is 14.6. The van der Waals surface area contributed by atoms with Crippen LogP contribution in [0.15, 0.2) is 29.8 Å². The Labute approximate surface area is 144 Å². The van der Waals surface area contributed by atoms with Crippen molar-refractivity contribution >= 4 is 11.9 Å². The highest BCUT2D eigenvalue weighted by atomic mass is 16.1. The van der Waals surface area contributed by atoms with E-state index in [0.717, 1.165) is 18.4 Å². The van der Waals surface area contributed by atoms with Gasteiger partial charge in [0.15, 0.2) is 5.78 Å². The number of piperidine rings is 1. The number of rotatable bonds is 6. The molecule has 0 amide bonds. The molecule has 2 aliphatic rings. The maximum atomic E-state index is 12.5. The highest BCUT2D eigenvalue weighted by molar-refractivity contribution is 5.85. The average molecular weight is 322 g/mol. The summed E-state index contributed by atoms with van der Waals surface area (Å²) in [4.78, 5) is 12.5. The minimum Gasteiger partial charge on any atom is -0.304 e. The number of allylic oxidation sites excluding steroid dienone is 1. The van der Waals surface area contributed by atoms with Gasteiger partial charge in [0, 0.05) is 12.5 Å². The molecule has 1 N–H and O–H groups in total. The van der Waals surface area contributed by atoms with Crippen molar-refractivity contribution in [2.45, 2.75) is 58.0 Å². The molecular formula is C21H26N2O. The molecule has 24 heavy (non-hydrogen) atoms. The van der Waals surface area contributed by atoms with Gasteiger partial charge in [-0.3, -0.25) is 4.79 Å². The first kappa shape index (κ1) is 16.9. The Kier molecular flexibility index (Phi) is 5.16. The maximum absolute atomic E-state index is 12.5. The number of hydrogen-bond acceptors (Lipinski definition) is 3. The van der Waals surface area contributed by atoms with Crippen LogP contribution < -0.4 is 5.32 Å². The number of carbonyl (C=O) groups is 1. The summed E-state index contributed by atoms with van der Waals surface area (Å²) in [5, 5.41) is 12.9. The summed E-state index contributed by atoms with van der Waals surface area (Å²) in [6.45, 7) is 4.16. The summed E-state index contributed by atoms with van der Waals surface area (Å²) in [7, 11) is 0. The van der Waals surface area contributed by atoms with Gasteiger partial charge in [-0.05, 0) is 56.6 Å². The Morgan fingerprint density at radius 1 is 1.33 bits per heavy atom. The quantitative estimate of drug-likeness (QED) is 0.864. The van der Waals surface area contributed by atoms with Crippen LogP contribution in [0.1, 0.15) is 50.7 Å². The third kappa shape index (κ3) is 3.94.